The van der Waals surface area contributed by atoms with Crippen molar-refractivity contribution in [1.29, 1.82) is 0 Å². The highest BCUT2D eigenvalue weighted by Crippen LogP contribution is 2.19. The van der Waals surface area contributed by atoms with Gasteiger partial charge in [0.15, 0.2) is 0 Å². The van der Waals surface area contributed by atoms with Gasteiger partial charge in [0.1, 0.15) is 5.82 Å². The Bertz CT molecular complexity index is 1400. The molecule has 11 heteroatoms. The van der Waals surface area contributed by atoms with E-state index in [0.717, 1.165) is 21.4 Å². The first kappa shape index (κ1) is 25.3. The first-order valence-electron chi connectivity index (χ1n) is 11.5. The van der Waals surface area contributed by atoms with Crippen LogP contribution in [0.3, 0.4) is 0 Å². The number of amides is 1. The molecule has 1 fully saturated rings. The van der Waals surface area contributed by atoms with Crippen LogP contribution >= 0.6 is 11.6 Å². The molecule has 1 aliphatic heterocycles. The SMILES string of the molecule is CCOC(=O)C1CCCN(C(=O)c2nn(-c3ccc(F)cc3)c(=O)n(Cc3ccccc3Cl)c2=O)C1. The lowest BCUT2D eigenvalue weighted by Crippen LogP contribution is -2.49. The van der Waals surface area contributed by atoms with Crippen molar-refractivity contribution in [3.05, 3.63) is 91.5 Å². The maximum atomic E-state index is 13.5. The van der Waals surface area contributed by atoms with Gasteiger partial charge in [-0.2, -0.15) is 9.78 Å². The van der Waals surface area contributed by atoms with Gasteiger partial charge in [-0.05, 0) is 55.7 Å². The highest BCUT2D eigenvalue weighted by atomic mass is 35.5. The van der Waals surface area contributed by atoms with E-state index in [9.17, 15) is 23.6 Å². The molecule has 188 valence electrons. The predicted molar refractivity (Wildman–Crippen MR) is 130 cm³/mol. The van der Waals surface area contributed by atoms with Gasteiger partial charge in [0, 0.05) is 18.1 Å². The quantitative estimate of drug-likeness (QED) is 0.468. The number of rotatable bonds is 6. The highest BCUT2D eigenvalue weighted by Gasteiger charge is 2.32. The fourth-order valence-corrected chi connectivity index (χ4v) is 4.30. The van der Waals surface area contributed by atoms with Crippen molar-refractivity contribution in [1.82, 2.24) is 19.2 Å². The van der Waals surface area contributed by atoms with Crippen molar-refractivity contribution in [2.75, 3.05) is 19.7 Å². The van der Waals surface area contributed by atoms with Gasteiger partial charge in [-0.25, -0.2) is 9.18 Å². The molecule has 2 heterocycles. The molecule has 1 amide bonds. The van der Waals surface area contributed by atoms with Crippen molar-refractivity contribution in [3.8, 4) is 5.69 Å². The van der Waals surface area contributed by atoms with Crippen molar-refractivity contribution < 1.29 is 18.7 Å². The van der Waals surface area contributed by atoms with Crippen molar-refractivity contribution in [2.24, 2.45) is 5.92 Å². The molecule has 0 bridgehead atoms. The van der Waals surface area contributed by atoms with Crippen molar-refractivity contribution in [2.45, 2.75) is 26.3 Å². The largest absolute Gasteiger partial charge is 0.466 e. The number of aromatic nitrogens is 3. The lowest BCUT2D eigenvalue weighted by atomic mass is 9.98. The van der Waals surface area contributed by atoms with E-state index in [4.69, 9.17) is 16.3 Å². The van der Waals surface area contributed by atoms with E-state index < -0.39 is 40.6 Å². The molecule has 4 rings (SSSR count). The van der Waals surface area contributed by atoms with E-state index in [-0.39, 0.29) is 25.4 Å². The van der Waals surface area contributed by atoms with Crippen LogP contribution in [0.1, 0.15) is 35.8 Å². The lowest BCUT2D eigenvalue weighted by molar-refractivity contribution is -0.149. The smallest absolute Gasteiger partial charge is 0.352 e. The molecule has 0 N–H and O–H groups in total. The van der Waals surface area contributed by atoms with E-state index in [1.807, 2.05) is 0 Å². The van der Waals surface area contributed by atoms with Crippen LogP contribution in [0.25, 0.3) is 5.69 Å². The number of ether oxygens (including phenoxy) is 1. The second-order valence-corrected chi connectivity index (χ2v) is 8.75. The summed E-state index contributed by atoms with van der Waals surface area (Å²) in [6.45, 7) is 2.11. The molecule has 0 radical (unpaired) electrons. The van der Waals surface area contributed by atoms with Crippen molar-refractivity contribution >= 4 is 23.5 Å². The van der Waals surface area contributed by atoms with Gasteiger partial charge < -0.3 is 9.64 Å². The summed E-state index contributed by atoms with van der Waals surface area (Å²) in [5.74, 6) is -2.16. The molecule has 1 aliphatic rings. The van der Waals surface area contributed by atoms with Crippen LogP contribution in [0.4, 0.5) is 4.39 Å². The van der Waals surface area contributed by atoms with E-state index in [0.29, 0.717) is 30.0 Å². The fourth-order valence-electron chi connectivity index (χ4n) is 4.10. The zero-order valence-corrected chi connectivity index (χ0v) is 20.3. The Morgan fingerprint density at radius 1 is 1.14 bits per heavy atom. The maximum Gasteiger partial charge on any atom is 0.352 e. The molecule has 0 spiro atoms. The maximum absolute atomic E-state index is 13.5. The van der Waals surface area contributed by atoms with Gasteiger partial charge in [-0.15, -0.1) is 0 Å². The number of halogens is 2. The molecule has 36 heavy (non-hydrogen) atoms. The summed E-state index contributed by atoms with van der Waals surface area (Å²) in [6.07, 6.45) is 1.10. The molecule has 0 aliphatic carbocycles. The first-order chi connectivity index (χ1) is 17.3. The van der Waals surface area contributed by atoms with E-state index >= 15 is 0 Å². The normalized spacial score (nSPS) is 15.5. The molecular formula is C25H24ClFN4O5. The van der Waals surface area contributed by atoms with Gasteiger partial charge in [0.05, 0.1) is 24.8 Å². The topological polar surface area (TPSA) is 104 Å². The summed E-state index contributed by atoms with van der Waals surface area (Å²) < 4.78 is 20.4. The molecule has 0 saturated carbocycles. The van der Waals surface area contributed by atoms with Crippen LogP contribution in [0.5, 0.6) is 0 Å². The molecule has 3 aromatic rings. The minimum atomic E-state index is -0.887. The molecule has 1 unspecified atom stereocenters. The Morgan fingerprint density at radius 3 is 2.56 bits per heavy atom. The second kappa shape index (κ2) is 10.9. The summed E-state index contributed by atoms with van der Waals surface area (Å²) in [6, 6.07) is 11.6. The third-order valence-electron chi connectivity index (χ3n) is 5.95. The third kappa shape index (κ3) is 5.23. The third-order valence-corrected chi connectivity index (χ3v) is 6.32. The highest BCUT2D eigenvalue weighted by molar-refractivity contribution is 6.31. The van der Waals surface area contributed by atoms with Crippen LogP contribution in [0.2, 0.25) is 5.02 Å². The van der Waals surface area contributed by atoms with Gasteiger partial charge in [-0.3, -0.25) is 19.0 Å². The standard InChI is InChI=1S/C25H24ClFN4O5/c1-2-36-24(34)17-7-5-13-29(14-17)22(32)21-23(33)30(15-16-6-3-4-8-20(16)26)25(35)31(28-21)19-11-9-18(27)10-12-19/h3-4,6,8-12,17H,2,5,7,13-15H2,1H3. The Hall–Kier alpha value is -3.79. The lowest BCUT2D eigenvalue weighted by Gasteiger charge is -2.31. The molecule has 1 aromatic heterocycles. The number of esters is 1. The Kier molecular flexibility index (Phi) is 7.64. The summed E-state index contributed by atoms with van der Waals surface area (Å²) in [7, 11) is 0. The van der Waals surface area contributed by atoms with Crippen LogP contribution in [0.15, 0.2) is 58.1 Å². The van der Waals surface area contributed by atoms with Crippen LogP contribution < -0.4 is 11.2 Å². The van der Waals surface area contributed by atoms with E-state index in [1.165, 1.54) is 17.0 Å². The zero-order valence-electron chi connectivity index (χ0n) is 19.5. The minimum absolute atomic E-state index is 0.0684. The van der Waals surface area contributed by atoms with Crippen molar-refractivity contribution in [3.63, 3.8) is 0 Å². The summed E-state index contributed by atoms with van der Waals surface area (Å²) >= 11 is 6.25. The van der Waals surface area contributed by atoms with Gasteiger partial charge in [0.25, 0.3) is 11.5 Å². The monoisotopic (exact) mass is 514 g/mol. The van der Waals surface area contributed by atoms with E-state index in [1.54, 1.807) is 31.2 Å². The number of hydrogen-bond acceptors (Lipinski definition) is 6. The Labute approximate surface area is 210 Å². The number of carbonyl (C=O) groups excluding carboxylic acids is 2. The van der Waals surface area contributed by atoms with Gasteiger partial charge >= 0.3 is 11.7 Å². The van der Waals surface area contributed by atoms with Gasteiger partial charge in [0.2, 0.25) is 5.69 Å². The second-order valence-electron chi connectivity index (χ2n) is 8.34. The van der Waals surface area contributed by atoms with Crippen LogP contribution in [-0.4, -0.2) is 50.8 Å². The number of likely N-dealkylation sites (tertiary alicyclic amines) is 1. The molecular weight excluding hydrogens is 491 g/mol. The van der Waals surface area contributed by atoms with Gasteiger partial charge in [-0.1, -0.05) is 29.8 Å². The fraction of sp³-hybridized carbons (Fsp3) is 0.320. The number of benzene rings is 2. The number of nitrogens with zero attached hydrogens (tertiary/aromatic N) is 4. The average Bonchev–Trinajstić information content (AvgIpc) is 2.88. The summed E-state index contributed by atoms with van der Waals surface area (Å²) in [4.78, 5) is 53.8. The molecule has 2 aromatic carbocycles. The van der Waals surface area contributed by atoms with Crippen LogP contribution in [-0.2, 0) is 16.1 Å². The molecule has 1 saturated heterocycles. The summed E-state index contributed by atoms with van der Waals surface area (Å²) in [5.41, 5.74) is -1.52. The van der Waals surface area contributed by atoms with Crippen LogP contribution in [0, 0.1) is 11.7 Å². The minimum Gasteiger partial charge on any atom is -0.466 e. The predicted octanol–water partition coefficient (Wildman–Crippen LogP) is 2.65. The van der Waals surface area contributed by atoms with E-state index in [2.05, 4.69) is 5.10 Å². The number of hydrogen-bond donors (Lipinski definition) is 0. The zero-order chi connectivity index (χ0) is 25.8. The number of piperidine rings is 1. The molecule has 9 nitrogen and oxygen atoms in total. The summed E-state index contributed by atoms with van der Waals surface area (Å²) in [5, 5.41) is 4.43. The number of carbonyl (C=O) groups is 2. The Morgan fingerprint density at radius 2 is 1.86 bits per heavy atom. The molecule has 1 atom stereocenters. The first-order valence-corrected chi connectivity index (χ1v) is 11.9. The Balaban J connectivity index is 1.79. The average molecular weight is 515 g/mol.